The maximum absolute atomic E-state index is 11.9. The lowest BCUT2D eigenvalue weighted by Gasteiger charge is -2.31. The van der Waals surface area contributed by atoms with Gasteiger partial charge in [-0.2, -0.15) is 0 Å². The number of morpholine rings is 1. The van der Waals surface area contributed by atoms with Gasteiger partial charge in [0.15, 0.2) is 0 Å². The van der Waals surface area contributed by atoms with Crippen molar-refractivity contribution in [2.24, 2.45) is 5.73 Å². The van der Waals surface area contributed by atoms with Crippen LogP contribution >= 0.6 is 0 Å². The van der Waals surface area contributed by atoms with Gasteiger partial charge in [0, 0.05) is 32.1 Å². The molecular formula is C13H25N3O2. The minimum atomic E-state index is 0.277. The summed E-state index contributed by atoms with van der Waals surface area (Å²) in [4.78, 5) is 16.2. The molecule has 0 unspecified atom stereocenters. The summed E-state index contributed by atoms with van der Waals surface area (Å²) >= 11 is 0. The summed E-state index contributed by atoms with van der Waals surface area (Å²) in [6, 6.07) is 0.327. The molecule has 18 heavy (non-hydrogen) atoms. The normalized spacial score (nSPS) is 26.3. The summed E-state index contributed by atoms with van der Waals surface area (Å²) in [6.45, 7) is 6.02. The molecule has 0 aromatic carbocycles. The van der Waals surface area contributed by atoms with Gasteiger partial charge in [-0.25, -0.2) is 0 Å². The first-order valence-electron chi connectivity index (χ1n) is 7.09. The van der Waals surface area contributed by atoms with Gasteiger partial charge in [0.05, 0.1) is 13.2 Å². The van der Waals surface area contributed by atoms with Crippen molar-refractivity contribution in [3.8, 4) is 0 Å². The summed E-state index contributed by atoms with van der Waals surface area (Å²) in [5.74, 6) is 0.277. The monoisotopic (exact) mass is 255 g/mol. The van der Waals surface area contributed by atoms with E-state index >= 15 is 0 Å². The third-order valence-electron chi connectivity index (χ3n) is 3.77. The van der Waals surface area contributed by atoms with Crippen molar-refractivity contribution in [2.75, 3.05) is 45.9 Å². The van der Waals surface area contributed by atoms with Gasteiger partial charge in [-0.1, -0.05) is 0 Å². The first-order valence-corrected chi connectivity index (χ1v) is 7.09. The standard InChI is InChI=1S/C13H25N3O2/c14-12-3-1-5-15(11-12)6-2-4-13(17)16-7-9-18-10-8-16/h12H,1-11,14H2/t12-/m1/s1. The van der Waals surface area contributed by atoms with Crippen LogP contribution in [0.5, 0.6) is 0 Å². The fourth-order valence-corrected chi connectivity index (χ4v) is 2.72. The molecule has 2 aliphatic rings. The van der Waals surface area contributed by atoms with Gasteiger partial charge in [0.1, 0.15) is 0 Å². The molecule has 1 atom stereocenters. The third-order valence-corrected chi connectivity index (χ3v) is 3.77. The zero-order valence-electron chi connectivity index (χ0n) is 11.1. The van der Waals surface area contributed by atoms with Crippen molar-refractivity contribution in [1.82, 2.24) is 9.80 Å². The summed E-state index contributed by atoms with van der Waals surface area (Å²) in [5.41, 5.74) is 5.94. The summed E-state index contributed by atoms with van der Waals surface area (Å²) in [7, 11) is 0. The number of piperidine rings is 1. The Morgan fingerprint density at radius 1 is 1.28 bits per heavy atom. The number of carbonyl (C=O) groups is 1. The van der Waals surface area contributed by atoms with E-state index < -0.39 is 0 Å². The molecule has 2 heterocycles. The molecule has 0 radical (unpaired) electrons. The number of hydrogen-bond donors (Lipinski definition) is 1. The van der Waals surface area contributed by atoms with Gasteiger partial charge in [-0.05, 0) is 32.4 Å². The van der Waals surface area contributed by atoms with Crippen molar-refractivity contribution in [2.45, 2.75) is 31.7 Å². The number of hydrogen-bond acceptors (Lipinski definition) is 4. The molecule has 5 heteroatoms. The Kier molecular flexibility index (Phi) is 5.41. The Hall–Kier alpha value is -0.650. The number of likely N-dealkylation sites (tertiary alicyclic amines) is 1. The minimum absolute atomic E-state index is 0.277. The Labute approximate surface area is 109 Å². The van der Waals surface area contributed by atoms with Crippen LogP contribution in [0.2, 0.25) is 0 Å². The highest BCUT2D eigenvalue weighted by Crippen LogP contribution is 2.10. The average molecular weight is 255 g/mol. The predicted octanol–water partition coefficient (Wildman–Crippen LogP) is 0.0485. The second kappa shape index (κ2) is 7.07. The Bertz CT molecular complexity index is 267. The zero-order valence-corrected chi connectivity index (χ0v) is 11.1. The largest absolute Gasteiger partial charge is 0.378 e. The molecule has 2 rings (SSSR count). The highest BCUT2D eigenvalue weighted by atomic mass is 16.5. The highest BCUT2D eigenvalue weighted by Gasteiger charge is 2.18. The molecular weight excluding hydrogens is 230 g/mol. The first-order chi connectivity index (χ1) is 8.75. The maximum atomic E-state index is 11.9. The molecule has 2 aliphatic heterocycles. The second-order valence-corrected chi connectivity index (χ2v) is 5.30. The number of carbonyl (C=O) groups excluding carboxylic acids is 1. The quantitative estimate of drug-likeness (QED) is 0.771. The predicted molar refractivity (Wildman–Crippen MR) is 70.3 cm³/mol. The molecule has 2 saturated heterocycles. The third kappa shape index (κ3) is 4.23. The second-order valence-electron chi connectivity index (χ2n) is 5.30. The Morgan fingerprint density at radius 2 is 2.06 bits per heavy atom. The van der Waals surface area contributed by atoms with Crippen LogP contribution in [0.25, 0.3) is 0 Å². The van der Waals surface area contributed by atoms with E-state index in [4.69, 9.17) is 10.5 Å². The van der Waals surface area contributed by atoms with Crippen LogP contribution in [0.15, 0.2) is 0 Å². The van der Waals surface area contributed by atoms with E-state index in [0.29, 0.717) is 25.7 Å². The fourth-order valence-electron chi connectivity index (χ4n) is 2.72. The van der Waals surface area contributed by atoms with Crippen molar-refractivity contribution in [3.63, 3.8) is 0 Å². The number of amides is 1. The van der Waals surface area contributed by atoms with Crippen molar-refractivity contribution >= 4 is 5.91 Å². The van der Waals surface area contributed by atoms with Crippen molar-refractivity contribution < 1.29 is 9.53 Å². The average Bonchev–Trinajstić information content (AvgIpc) is 2.40. The highest BCUT2D eigenvalue weighted by molar-refractivity contribution is 5.76. The van der Waals surface area contributed by atoms with E-state index in [-0.39, 0.29) is 5.91 Å². The molecule has 104 valence electrons. The summed E-state index contributed by atoms with van der Waals surface area (Å²) in [5, 5.41) is 0. The molecule has 0 bridgehead atoms. The van der Waals surface area contributed by atoms with Crippen LogP contribution < -0.4 is 5.73 Å². The van der Waals surface area contributed by atoms with Crippen LogP contribution in [0.3, 0.4) is 0 Å². The molecule has 1 amide bonds. The van der Waals surface area contributed by atoms with Crippen LogP contribution in [0.1, 0.15) is 25.7 Å². The van der Waals surface area contributed by atoms with Gasteiger partial charge >= 0.3 is 0 Å². The van der Waals surface area contributed by atoms with E-state index in [1.54, 1.807) is 0 Å². The molecule has 0 saturated carbocycles. The van der Waals surface area contributed by atoms with E-state index in [2.05, 4.69) is 4.90 Å². The summed E-state index contributed by atoms with van der Waals surface area (Å²) < 4.78 is 5.25. The van der Waals surface area contributed by atoms with Crippen LogP contribution in [0.4, 0.5) is 0 Å². The SMILES string of the molecule is N[C@@H]1CCCN(CCCC(=O)N2CCOCC2)C1. The summed E-state index contributed by atoms with van der Waals surface area (Å²) in [6.07, 6.45) is 3.94. The van der Waals surface area contributed by atoms with E-state index in [1.807, 2.05) is 4.90 Å². The Balaban J connectivity index is 1.60. The van der Waals surface area contributed by atoms with E-state index in [9.17, 15) is 4.79 Å². The van der Waals surface area contributed by atoms with Gasteiger partial charge in [-0.3, -0.25) is 4.79 Å². The molecule has 2 N–H and O–H groups in total. The van der Waals surface area contributed by atoms with E-state index in [0.717, 1.165) is 45.6 Å². The van der Waals surface area contributed by atoms with E-state index in [1.165, 1.54) is 6.42 Å². The van der Waals surface area contributed by atoms with Crippen LogP contribution in [-0.4, -0.2) is 67.7 Å². The van der Waals surface area contributed by atoms with Crippen LogP contribution in [0, 0.1) is 0 Å². The smallest absolute Gasteiger partial charge is 0.222 e. The van der Waals surface area contributed by atoms with Gasteiger partial charge in [0.25, 0.3) is 0 Å². The number of nitrogens with zero attached hydrogens (tertiary/aromatic N) is 2. The zero-order chi connectivity index (χ0) is 12.8. The lowest BCUT2D eigenvalue weighted by molar-refractivity contribution is -0.135. The van der Waals surface area contributed by atoms with Gasteiger partial charge in [0.2, 0.25) is 5.91 Å². The van der Waals surface area contributed by atoms with Gasteiger partial charge in [-0.15, -0.1) is 0 Å². The number of nitrogens with two attached hydrogens (primary N) is 1. The molecule has 5 nitrogen and oxygen atoms in total. The Morgan fingerprint density at radius 3 is 2.78 bits per heavy atom. The lowest BCUT2D eigenvalue weighted by atomic mass is 10.1. The topological polar surface area (TPSA) is 58.8 Å². The van der Waals surface area contributed by atoms with Gasteiger partial charge < -0.3 is 20.3 Å². The van der Waals surface area contributed by atoms with Crippen LogP contribution in [-0.2, 0) is 9.53 Å². The van der Waals surface area contributed by atoms with Crippen molar-refractivity contribution in [3.05, 3.63) is 0 Å². The molecule has 2 fully saturated rings. The number of ether oxygens (including phenoxy) is 1. The molecule has 0 aromatic rings. The van der Waals surface area contributed by atoms with Crippen molar-refractivity contribution in [1.29, 1.82) is 0 Å². The maximum Gasteiger partial charge on any atom is 0.222 e. The first kappa shape index (κ1) is 13.8. The number of rotatable bonds is 4. The minimum Gasteiger partial charge on any atom is -0.378 e. The lowest BCUT2D eigenvalue weighted by Crippen LogP contribution is -2.43. The molecule has 0 aromatic heterocycles. The molecule has 0 aliphatic carbocycles. The molecule has 0 spiro atoms. The fraction of sp³-hybridized carbons (Fsp3) is 0.923.